The Labute approximate surface area is 255 Å². The molecule has 15 heteroatoms. The number of nitrogens with one attached hydrogen (secondary N) is 5. The summed E-state index contributed by atoms with van der Waals surface area (Å²) in [5.41, 5.74) is 2.92. The van der Waals surface area contributed by atoms with Crippen LogP contribution in [0.1, 0.15) is 12.0 Å². The molecule has 2 aromatic carbocycles. The zero-order valence-electron chi connectivity index (χ0n) is 23.6. The number of alkyl halides is 3. The molecule has 0 saturated carbocycles. The molecule has 12 nitrogen and oxygen atoms in total. The third-order valence-corrected chi connectivity index (χ3v) is 6.97. The normalized spacial score (nSPS) is 14.2. The molecule has 2 aromatic heterocycles. The second-order valence-electron chi connectivity index (χ2n) is 10.3. The molecule has 5 rings (SSSR count). The highest BCUT2D eigenvalue weighted by molar-refractivity contribution is 6.08. The van der Waals surface area contributed by atoms with E-state index in [4.69, 9.17) is 5.41 Å². The molecule has 230 valence electrons. The van der Waals surface area contributed by atoms with E-state index in [-0.39, 0.29) is 18.1 Å². The summed E-state index contributed by atoms with van der Waals surface area (Å²) in [6, 6.07) is 18.2. The Hall–Kier alpha value is -5.91. The first-order valence-electron chi connectivity index (χ1n) is 13.6. The fraction of sp³-hybridized carbons (Fsp3) is 0.200. The van der Waals surface area contributed by atoms with E-state index in [9.17, 15) is 28.0 Å². The van der Waals surface area contributed by atoms with Crippen LogP contribution in [0.5, 0.6) is 0 Å². The van der Waals surface area contributed by atoms with Crippen molar-refractivity contribution >= 4 is 40.9 Å². The Morgan fingerprint density at radius 2 is 1.80 bits per heavy atom. The molecule has 0 aliphatic carbocycles. The highest BCUT2D eigenvalue weighted by Gasteiger charge is 2.44. The number of carbonyl (C=O) groups excluding carboxylic acids is 2. The number of anilines is 2. The van der Waals surface area contributed by atoms with Crippen molar-refractivity contribution in [2.75, 3.05) is 30.3 Å². The van der Waals surface area contributed by atoms with Crippen LogP contribution in [0.25, 0.3) is 22.5 Å². The maximum atomic E-state index is 12.6. The summed E-state index contributed by atoms with van der Waals surface area (Å²) >= 11 is 0. The van der Waals surface area contributed by atoms with Gasteiger partial charge in [0.2, 0.25) is 0 Å². The van der Waals surface area contributed by atoms with E-state index in [1.54, 1.807) is 69.7 Å². The van der Waals surface area contributed by atoms with Crippen molar-refractivity contribution in [3.63, 3.8) is 0 Å². The van der Waals surface area contributed by atoms with Crippen LogP contribution in [-0.4, -0.2) is 69.1 Å². The van der Waals surface area contributed by atoms with Crippen molar-refractivity contribution in [1.82, 2.24) is 30.1 Å². The molecule has 0 atom stereocenters. The quantitative estimate of drug-likeness (QED) is 0.169. The minimum Gasteiger partial charge on any atom is -0.380 e. The minimum atomic E-state index is -4.53. The lowest BCUT2D eigenvalue weighted by Crippen LogP contribution is -2.69. The summed E-state index contributed by atoms with van der Waals surface area (Å²) in [4.78, 5) is 30.5. The van der Waals surface area contributed by atoms with Gasteiger partial charge in [0.25, 0.3) is 0 Å². The number of imidazole rings is 1. The molecular formula is C30H27F3N10O2. The number of urea groups is 2. The second-order valence-corrected chi connectivity index (χ2v) is 10.3. The van der Waals surface area contributed by atoms with Gasteiger partial charge in [-0.1, -0.05) is 30.3 Å². The smallest absolute Gasteiger partial charge is 0.380 e. The summed E-state index contributed by atoms with van der Waals surface area (Å²) in [7, 11) is 0. The van der Waals surface area contributed by atoms with Gasteiger partial charge in [-0.2, -0.15) is 23.5 Å². The van der Waals surface area contributed by atoms with E-state index in [0.717, 1.165) is 6.21 Å². The van der Waals surface area contributed by atoms with E-state index >= 15 is 0 Å². The van der Waals surface area contributed by atoms with Gasteiger partial charge in [-0.3, -0.25) is 0 Å². The van der Waals surface area contributed by atoms with Gasteiger partial charge in [0.15, 0.2) is 5.65 Å². The molecule has 3 heterocycles. The molecule has 45 heavy (non-hydrogen) atoms. The number of fused-ring (bicyclic) bond motifs is 1. The molecule has 1 aliphatic rings. The maximum Gasteiger partial charge on any atom is 0.405 e. The molecule has 4 amide bonds. The average molecular weight is 617 g/mol. The van der Waals surface area contributed by atoms with Gasteiger partial charge in [0.05, 0.1) is 36.1 Å². The molecule has 1 fully saturated rings. The van der Waals surface area contributed by atoms with Gasteiger partial charge in [0.1, 0.15) is 6.54 Å². The van der Waals surface area contributed by atoms with Gasteiger partial charge in [0, 0.05) is 53.6 Å². The maximum absolute atomic E-state index is 12.6. The lowest BCUT2D eigenvalue weighted by molar-refractivity contribution is -0.122. The number of para-hydroxylation sites is 1. The van der Waals surface area contributed by atoms with E-state index in [2.05, 4.69) is 32.1 Å². The number of halogens is 3. The first-order valence-corrected chi connectivity index (χ1v) is 13.6. The van der Waals surface area contributed by atoms with Crippen molar-refractivity contribution in [2.24, 2.45) is 0 Å². The number of likely N-dealkylation sites (tertiary alicyclic amines) is 1. The number of nitriles is 1. The monoisotopic (exact) mass is 616 g/mol. The van der Waals surface area contributed by atoms with Crippen molar-refractivity contribution in [3.8, 4) is 17.3 Å². The number of amides is 4. The number of aromatic nitrogens is 3. The third kappa shape index (κ3) is 7.36. The van der Waals surface area contributed by atoms with Crippen LogP contribution in [0.4, 0.5) is 34.1 Å². The van der Waals surface area contributed by atoms with Crippen LogP contribution < -0.4 is 21.3 Å². The molecule has 0 unspecified atom stereocenters. The zero-order valence-corrected chi connectivity index (χ0v) is 23.6. The Kier molecular flexibility index (Phi) is 8.66. The minimum absolute atomic E-state index is 0.142. The number of nitrogens with zero attached hydrogens (tertiary/aromatic N) is 5. The van der Waals surface area contributed by atoms with E-state index < -0.39 is 24.3 Å². The predicted octanol–water partition coefficient (Wildman–Crippen LogP) is 4.86. The highest BCUT2D eigenvalue weighted by atomic mass is 19.4. The number of rotatable bonds is 9. The van der Waals surface area contributed by atoms with Gasteiger partial charge >= 0.3 is 18.2 Å². The van der Waals surface area contributed by atoms with E-state index in [0.29, 0.717) is 46.8 Å². The molecule has 4 aromatic rings. The Bertz CT molecular complexity index is 1790. The van der Waals surface area contributed by atoms with Gasteiger partial charge < -0.3 is 31.6 Å². The molecule has 1 aliphatic heterocycles. The number of carbonyl (C=O) groups is 2. The van der Waals surface area contributed by atoms with Crippen LogP contribution in [0, 0.1) is 16.7 Å². The van der Waals surface area contributed by atoms with Crippen LogP contribution >= 0.6 is 0 Å². The van der Waals surface area contributed by atoms with Crippen molar-refractivity contribution in [3.05, 3.63) is 84.8 Å². The number of allylic oxidation sites excluding steroid dienone is 1. The predicted molar refractivity (Wildman–Crippen MR) is 161 cm³/mol. The standard InChI is InChI=1S/C30H27F3N10O2/c31-30(32,33)17-37-27(44)40-24-8-4-5-20(11-24)25-16-36-26-12-21(15-39-43(25)26)22(13-35)14-38-29(9-10-34)18-42(19-29)28(45)41-23-6-2-1-3-7-23/h1-8,11-16,35,38H,9,17-19H2,(H,41,45)(H2,37,40,44)/b22-14+,35-13?. The fourth-order valence-corrected chi connectivity index (χ4v) is 4.74. The van der Waals surface area contributed by atoms with Crippen LogP contribution in [-0.2, 0) is 0 Å². The Balaban J connectivity index is 1.27. The molecule has 0 bridgehead atoms. The summed E-state index contributed by atoms with van der Waals surface area (Å²) in [5.74, 6) is 0. The highest BCUT2D eigenvalue weighted by Crippen LogP contribution is 2.27. The second kappa shape index (κ2) is 12.8. The van der Waals surface area contributed by atoms with Gasteiger partial charge in [-0.15, -0.1) is 0 Å². The molecule has 0 radical (unpaired) electrons. The summed E-state index contributed by atoms with van der Waals surface area (Å²) in [6.07, 6.45) is 1.48. The summed E-state index contributed by atoms with van der Waals surface area (Å²) in [6.45, 7) is -0.872. The lowest BCUT2D eigenvalue weighted by atomic mass is 9.87. The number of hydrogen-bond donors (Lipinski definition) is 5. The van der Waals surface area contributed by atoms with E-state index in [1.165, 1.54) is 6.07 Å². The lowest BCUT2D eigenvalue weighted by Gasteiger charge is -2.49. The van der Waals surface area contributed by atoms with Gasteiger partial charge in [-0.05, 0) is 30.3 Å². The first-order chi connectivity index (χ1) is 21.6. The van der Waals surface area contributed by atoms with Gasteiger partial charge in [-0.25, -0.2) is 19.1 Å². The first kappa shape index (κ1) is 30.5. The SMILES string of the molecule is N#CCC1(N/C=C(\C=N)c2cnn3c(-c4cccc(NC(=O)NCC(F)(F)F)c4)cnc3c2)CN(C(=O)Nc2ccccc2)C1. The molecule has 0 spiro atoms. The van der Waals surface area contributed by atoms with Crippen LogP contribution in [0.2, 0.25) is 0 Å². The largest absolute Gasteiger partial charge is 0.405 e. The van der Waals surface area contributed by atoms with Crippen molar-refractivity contribution < 1.29 is 22.8 Å². The van der Waals surface area contributed by atoms with Crippen molar-refractivity contribution in [1.29, 1.82) is 10.7 Å². The zero-order chi connectivity index (χ0) is 32.0. The average Bonchev–Trinajstić information content (AvgIpc) is 3.42. The number of hydrogen-bond acceptors (Lipinski definition) is 7. The van der Waals surface area contributed by atoms with Crippen LogP contribution in [0.15, 0.2) is 79.3 Å². The van der Waals surface area contributed by atoms with E-state index in [1.807, 2.05) is 18.2 Å². The summed E-state index contributed by atoms with van der Waals surface area (Å²) in [5, 5.41) is 32.1. The Morgan fingerprint density at radius 1 is 1.04 bits per heavy atom. The molecule has 5 N–H and O–H groups in total. The molecular weight excluding hydrogens is 589 g/mol. The van der Waals surface area contributed by atoms with Crippen molar-refractivity contribution in [2.45, 2.75) is 18.1 Å². The third-order valence-electron chi connectivity index (χ3n) is 6.97. The fourth-order valence-electron chi connectivity index (χ4n) is 4.74. The number of benzene rings is 2. The Morgan fingerprint density at radius 3 is 2.51 bits per heavy atom. The summed E-state index contributed by atoms with van der Waals surface area (Å²) < 4.78 is 38.7. The van der Waals surface area contributed by atoms with Crippen LogP contribution in [0.3, 0.4) is 0 Å². The molecule has 1 saturated heterocycles. The topological polar surface area (TPSA) is 163 Å².